The van der Waals surface area contributed by atoms with E-state index in [9.17, 15) is 9.18 Å². The lowest BCUT2D eigenvalue weighted by Crippen LogP contribution is -2.42. The molecule has 0 radical (unpaired) electrons. The van der Waals surface area contributed by atoms with E-state index >= 15 is 0 Å². The fourth-order valence-electron chi connectivity index (χ4n) is 3.38. The molecule has 10 heteroatoms. The summed E-state index contributed by atoms with van der Waals surface area (Å²) in [6.45, 7) is 0.534. The van der Waals surface area contributed by atoms with Crippen LogP contribution in [0, 0.1) is 5.82 Å². The molecule has 1 aliphatic carbocycles. The van der Waals surface area contributed by atoms with Crippen LogP contribution in [0.3, 0.4) is 0 Å². The Morgan fingerprint density at radius 1 is 1.17 bits per heavy atom. The van der Waals surface area contributed by atoms with E-state index in [0.29, 0.717) is 29.3 Å². The SMILES string of the molecule is COC(=O)Nc1ncc(-c2ccc(NCC3(c4ncccc4F)CCC3)nn2)cn1. The van der Waals surface area contributed by atoms with E-state index in [1.54, 1.807) is 24.4 Å². The van der Waals surface area contributed by atoms with Crippen LogP contribution in [0.5, 0.6) is 0 Å². The first-order valence-electron chi connectivity index (χ1n) is 9.46. The number of amides is 1. The summed E-state index contributed by atoms with van der Waals surface area (Å²) in [6, 6.07) is 6.63. The van der Waals surface area contributed by atoms with Gasteiger partial charge < -0.3 is 10.1 Å². The number of carbonyl (C=O) groups excluding carboxylic acids is 1. The Balaban J connectivity index is 1.41. The van der Waals surface area contributed by atoms with Crippen LogP contribution in [0.2, 0.25) is 0 Å². The zero-order chi connectivity index (χ0) is 21.0. The monoisotopic (exact) mass is 409 g/mol. The number of aromatic nitrogens is 5. The lowest BCUT2D eigenvalue weighted by Gasteiger charge is -2.41. The van der Waals surface area contributed by atoms with Gasteiger partial charge in [-0.1, -0.05) is 6.42 Å². The van der Waals surface area contributed by atoms with E-state index in [0.717, 1.165) is 19.3 Å². The van der Waals surface area contributed by atoms with Crippen LogP contribution < -0.4 is 10.6 Å². The van der Waals surface area contributed by atoms with Gasteiger partial charge in [-0.15, -0.1) is 10.2 Å². The maximum Gasteiger partial charge on any atom is 0.413 e. The van der Waals surface area contributed by atoms with Crippen LogP contribution in [0.1, 0.15) is 25.0 Å². The van der Waals surface area contributed by atoms with Crippen molar-refractivity contribution >= 4 is 17.9 Å². The molecule has 1 aliphatic rings. The van der Waals surface area contributed by atoms with E-state index in [-0.39, 0.29) is 17.2 Å². The van der Waals surface area contributed by atoms with Crippen LogP contribution in [-0.2, 0) is 10.2 Å². The maximum absolute atomic E-state index is 14.2. The quantitative estimate of drug-likeness (QED) is 0.638. The van der Waals surface area contributed by atoms with Crippen LogP contribution in [0.15, 0.2) is 42.9 Å². The fourth-order valence-corrected chi connectivity index (χ4v) is 3.38. The third-order valence-electron chi connectivity index (χ3n) is 5.19. The van der Waals surface area contributed by atoms with Crippen molar-refractivity contribution in [3.05, 3.63) is 54.4 Å². The molecule has 1 saturated carbocycles. The molecule has 2 N–H and O–H groups in total. The third-order valence-corrected chi connectivity index (χ3v) is 5.19. The second-order valence-electron chi connectivity index (χ2n) is 7.04. The topological polar surface area (TPSA) is 115 Å². The van der Waals surface area contributed by atoms with Gasteiger partial charge >= 0.3 is 6.09 Å². The van der Waals surface area contributed by atoms with Crippen LogP contribution >= 0.6 is 0 Å². The second kappa shape index (κ2) is 8.36. The summed E-state index contributed by atoms with van der Waals surface area (Å²) in [7, 11) is 1.26. The first-order chi connectivity index (χ1) is 14.6. The van der Waals surface area contributed by atoms with Crippen molar-refractivity contribution in [3.8, 4) is 11.3 Å². The van der Waals surface area contributed by atoms with Gasteiger partial charge in [0.15, 0.2) is 0 Å². The molecule has 0 aromatic carbocycles. The maximum atomic E-state index is 14.2. The molecule has 4 rings (SSSR count). The predicted octanol–water partition coefficient (Wildman–Crippen LogP) is 3.18. The molecular weight excluding hydrogens is 389 g/mol. The average molecular weight is 409 g/mol. The number of nitrogens with one attached hydrogen (secondary N) is 2. The van der Waals surface area contributed by atoms with Gasteiger partial charge in [0.25, 0.3) is 0 Å². The van der Waals surface area contributed by atoms with Gasteiger partial charge in [-0.3, -0.25) is 10.3 Å². The lowest BCUT2D eigenvalue weighted by atomic mass is 9.66. The Morgan fingerprint density at radius 3 is 2.57 bits per heavy atom. The molecule has 0 spiro atoms. The first kappa shape index (κ1) is 19.6. The highest BCUT2D eigenvalue weighted by Gasteiger charge is 2.41. The Kier molecular flexibility index (Phi) is 5.46. The number of pyridine rings is 1. The highest BCUT2D eigenvalue weighted by molar-refractivity contribution is 5.82. The summed E-state index contributed by atoms with van der Waals surface area (Å²) in [6.07, 6.45) is 6.84. The summed E-state index contributed by atoms with van der Waals surface area (Å²) < 4.78 is 18.7. The molecule has 0 aliphatic heterocycles. The Labute approximate surface area is 172 Å². The third kappa shape index (κ3) is 4.02. The number of ether oxygens (including phenoxy) is 1. The van der Waals surface area contributed by atoms with E-state index in [4.69, 9.17) is 0 Å². The van der Waals surface area contributed by atoms with E-state index in [1.165, 1.54) is 25.6 Å². The number of carbonyl (C=O) groups is 1. The van der Waals surface area contributed by atoms with Gasteiger partial charge in [-0.05, 0) is 37.1 Å². The first-order valence-corrected chi connectivity index (χ1v) is 9.46. The highest BCUT2D eigenvalue weighted by Crippen LogP contribution is 2.43. The molecule has 3 aromatic heterocycles. The highest BCUT2D eigenvalue weighted by atomic mass is 19.1. The molecule has 1 fully saturated rings. The number of halogens is 1. The summed E-state index contributed by atoms with van der Waals surface area (Å²) in [5.41, 5.74) is 1.42. The number of methoxy groups -OCH3 is 1. The second-order valence-corrected chi connectivity index (χ2v) is 7.04. The largest absolute Gasteiger partial charge is 0.453 e. The van der Waals surface area contributed by atoms with Crippen molar-refractivity contribution < 1.29 is 13.9 Å². The Morgan fingerprint density at radius 2 is 1.97 bits per heavy atom. The molecule has 1 amide bonds. The van der Waals surface area contributed by atoms with Crippen LogP contribution in [0.25, 0.3) is 11.3 Å². The minimum absolute atomic E-state index is 0.129. The summed E-state index contributed by atoms with van der Waals surface area (Å²) in [5, 5.41) is 14.0. The molecule has 9 nitrogen and oxygen atoms in total. The number of nitrogens with zero attached hydrogens (tertiary/aromatic N) is 5. The van der Waals surface area contributed by atoms with Crippen molar-refractivity contribution in [1.82, 2.24) is 25.1 Å². The van der Waals surface area contributed by atoms with Crippen LogP contribution in [0.4, 0.5) is 21.0 Å². The zero-order valence-corrected chi connectivity index (χ0v) is 16.3. The minimum atomic E-state index is -0.646. The van der Waals surface area contributed by atoms with Gasteiger partial charge in [-0.25, -0.2) is 19.2 Å². The molecule has 0 unspecified atom stereocenters. The Bertz CT molecular complexity index is 1020. The molecule has 154 valence electrons. The minimum Gasteiger partial charge on any atom is -0.453 e. The number of anilines is 2. The van der Waals surface area contributed by atoms with Gasteiger partial charge in [0.2, 0.25) is 5.95 Å². The molecule has 0 atom stereocenters. The van der Waals surface area contributed by atoms with Gasteiger partial charge in [0.1, 0.15) is 11.6 Å². The number of hydrogen-bond acceptors (Lipinski definition) is 8. The lowest BCUT2D eigenvalue weighted by molar-refractivity contribution is 0.186. The average Bonchev–Trinajstić information content (AvgIpc) is 2.75. The van der Waals surface area contributed by atoms with Gasteiger partial charge in [-0.2, -0.15) is 0 Å². The van der Waals surface area contributed by atoms with Crippen molar-refractivity contribution in [2.24, 2.45) is 0 Å². The molecule has 3 heterocycles. The predicted molar refractivity (Wildman–Crippen MR) is 107 cm³/mol. The van der Waals surface area contributed by atoms with Gasteiger partial charge in [0, 0.05) is 36.1 Å². The normalized spacial score (nSPS) is 14.5. The van der Waals surface area contributed by atoms with Crippen molar-refractivity contribution in [1.29, 1.82) is 0 Å². The zero-order valence-electron chi connectivity index (χ0n) is 16.3. The van der Waals surface area contributed by atoms with E-state index in [1.807, 2.05) is 0 Å². The Hall–Kier alpha value is -3.69. The van der Waals surface area contributed by atoms with Crippen molar-refractivity contribution in [2.45, 2.75) is 24.7 Å². The summed E-state index contributed by atoms with van der Waals surface area (Å²) in [4.78, 5) is 23.5. The van der Waals surface area contributed by atoms with E-state index < -0.39 is 6.09 Å². The van der Waals surface area contributed by atoms with Crippen molar-refractivity contribution in [3.63, 3.8) is 0 Å². The molecule has 0 bridgehead atoms. The molecule has 30 heavy (non-hydrogen) atoms. The van der Waals surface area contributed by atoms with Gasteiger partial charge in [0.05, 0.1) is 18.5 Å². The van der Waals surface area contributed by atoms with Crippen LogP contribution in [-0.4, -0.2) is 44.9 Å². The fraction of sp³-hybridized carbons (Fsp3) is 0.300. The number of rotatable bonds is 6. The molecule has 3 aromatic rings. The molecular formula is C20H20FN7O2. The van der Waals surface area contributed by atoms with E-state index in [2.05, 4.69) is 40.5 Å². The standard InChI is InChI=1S/C20H20FN7O2/c1-30-19(29)26-18-23-10-13(11-24-18)15-5-6-16(28-27-15)25-12-20(7-3-8-20)17-14(21)4-2-9-22-17/h2,4-6,9-11H,3,7-8,12H2,1H3,(H,25,28)(H,23,24,26,29). The smallest absolute Gasteiger partial charge is 0.413 e. The summed E-state index contributed by atoms with van der Waals surface area (Å²) >= 11 is 0. The summed E-state index contributed by atoms with van der Waals surface area (Å²) in [5.74, 6) is 0.446. The number of hydrogen-bond donors (Lipinski definition) is 2. The molecule has 0 saturated heterocycles. The van der Waals surface area contributed by atoms with Crippen molar-refractivity contribution in [2.75, 3.05) is 24.3 Å².